The van der Waals surface area contributed by atoms with E-state index in [2.05, 4.69) is 18.7 Å². The minimum Gasteiger partial charge on any atom is -0.291 e. The van der Waals surface area contributed by atoms with Crippen LogP contribution in [0.1, 0.15) is 72.2 Å². The number of hydrogen-bond donors (Lipinski definition) is 0. The summed E-state index contributed by atoms with van der Waals surface area (Å²) in [6, 6.07) is 24.6. The standard InChI is InChI=1S/C32H32F3N3O/c1-21(23-15-17-26(18-16-23)32(33,34)35)37-19-27-29(31(3,4)20-37)36-22(2)38(30(27)39)28(24-11-7-5-8-12-24)25-13-9-6-10-14-25/h5-18,21,28H,19-20H2,1-4H3. The Balaban J connectivity index is 1.59. The Labute approximate surface area is 226 Å². The van der Waals surface area contributed by atoms with Crippen molar-refractivity contribution < 1.29 is 13.2 Å². The summed E-state index contributed by atoms with van der Waals surface area (Å²) >= 11 is 0. The van der Waals surface area contributed by atoms with E-state index in [0.717, 1.165) is 34.5 Å². The van der Waals surface area contributed by atoms with Gasteiger partial charge in [-0.2, -0.15) is 13.2 Å². The molecule has 0 N–H and O–H groups in total. The monoisotopic (exact) mass is 531 g/mol. The minimum atomic E-state index is -4.38. The third-order valence-corrected chi connectivity index (χ3v) is 7.74. The van der Waals surface area contributed by atoms with Gasteiger partial charge in [-0.05, 0) is 42.7 Å². The highest BCUT2D eigenvalue weighted by molar-refractivity contribution is 5.37. The van der Waals surface area contributed by atoms with Crippen molar-refractivity contribution in [3.8, 4) is 0 Å². The lowest BCUT2D eigenvalue weighted by Crippen LogP contribution is -2.48. The van der Waals surface area contributed by atoms with E-state index >= 15 is 0 Å². The zero-order valence-electron chi connectivity index (χ0n) is 22.5. The molecule has 1 unspecified atom stereocenters. The first-order valence-electron chi connectivity index (χ1n) is 13.1. The van der Waals surface area contributed by atoms with Gasteiger partial charge in [0.15, 0.2) is 0 Å². The zero-order chi connectivity index (χ0) is 27.9. The van der Waals surface area contributed by atoms with Crippen molar-refractivity contribution in [3.05, 3.63) is 135 Å². The fraction of sp³-hybridized carbons (Fsp3) is 0.312. The molecule has 2 heterocycles. The van der Waals surface area contributed by atoms with Crippen LogP contribution in [0.25, 0.3) is 0 Å². The van der Waals surface area contributed by atoms with Crippen LogP contribution in [0.3, 0.4) is 0 Å². The van der Waals surface area contributed by atoms with Crippen LogP contribution in [-0.2, 0) is 18.1 Å². The molecule has 1 aliphatic heterocycles. The van der Waals surface area contributed by atoms with Gasteiger partial charge in [0.25, 0.3) is 5.56 Å². The maximum absolute atomic E-state index is 14.3. The van der Waals surface area contributed by atoms with Crippen LogP contribution in [0.5, 0.6) is 0 Å². The molecule has 3 aromatic carbocycles. The van der Waals surface area contributed by atoms with Gasteiger partial charge in [0.1, 0.15) is 5.82 Å². The van der Waals surface area contributed by atoms with Crippen LogP contribution in [-0.4, -0.2) is 21.0 Å². The van der Waals surface area contributed by atoms with Crippen LogP contribution in [0.15, 0.2) is 89.7 Å². The van der Waals surface area contributed by atoms with Crippen LogP contribution >= 0.6 is 0 Å². The molecule has 0 fully saturated rings. The first kappa shape index (κ1) is 26.9. The second kappa shape index (κ2) is 10.1. The van der Waals surface area contributed by atoms with Gasteiger partial charge < -0.3 is 0 Å². The summed E-state index contributed by atoms with van der Waals surface area (Å²) in [4.78, 5) is 21.5. The smallest absolute Gasteiger partial charge is 0.291 e. The molecule has 202 valence electrons. The van der Waals surface area contributed by atoms with Crippen molar-refractivity contribution in [3.63, 3.8) is 0 Å². The molecular weight excluding hydrogens is 499 g/mol. The second-order valence-electron chi connectivity index (χ2n) is 11.0. The van der Waals surface area contributed by atoms with Crippen molar-refractivity contribution in [1.29, 1.82) is 0 Å². The molecular formula is C32H32F3N3O. The van der Waals surface area contributed by atoms with Gasteiger partial charge in [-0.1, -0.05) is 86.6 Å². The molecule has 0 aliphatic carbocycles. The topological polar surface area (TPSA) is 38.1 Å². The molecule has 0 saturated carbocycles. The Morgan fingerprint density at radius 2 is 1.38 bits per heavy atom. The van der Waals surface area contributed by atoms with Crippen LogP contribution in [0.2, 0.25) is 0 Å². The molecule has 1 aromatic heterocycles. The number of halogens is 3. The molecule has 7 heteroatoms. The van der Waals surface area contributed by atoms with Crippen LogP contribution < -0.4 is 5.56 Å². The molecule has 0 spiro atoms. The SMILES string of the molecule is Cc1nc2c(c(=O)n1C(c1ccccc1)c1ccccc1)CN(C(C)c1ccc(C(F)(F)F)cc1)CC2(C)C. The molecule has 4 aromatic rings. The molecule has 1 atom stereocenters. The summed E-state index contributed by atoms with van der Waals surface area (Å²) in [7, 11) is 0. The van der Waals surface area contributed by atoms with Gasteiger partial charge >= 0.3 is 6.18 Å². The zero-order valence-corrected chi connectivity index (χ0v) is 22.5. The molecule has 5 rings (SSSR count). The summed E-state index contributed by atoms with van der Waals surface area (Å²) in [6.45, 7) is 8.98. The van der Waals surface area contributed by atoms with Crippen molar-refractivity contribution >= 4 is 0 Å². The second-order valence-corrected chi connectivity index (χ2v) is 11.0. The highest BCUT2D eigenvalue weighted by Gasteiger charge is 2.39. The summed E-state index contributed by atoms with van der Waals surface area (Å²) in [6.07, 6.45) is -4.38. The first-order valence-corrected chi connectivity index (χ1v) is 13.1. The van der Waals surface area contributed by atoms with E-state index in [1.54, 1.807) is 4.57 Å². The number of benzene rings is 3. The molecule has 1 aliphatic rings. The molecule has 39 heavy (non-hydrogen) atoms. The Bertz CT molecular complexity index is 1470. The van der Waals surface area contributed by atoms with Gasteiger partial charge in [-0.15, -0.1) is 0 Å². The van der Waals surface area contributed by atoms with E-state index in [-0.39, 0.29) is 17.6 Å². The van der Waals surface area contributed by atoms with Gasteiger partial charge in [-0.25, -0.2) is 4.98 Å². The number of aromatic nitrogens is 2. The molecule has 0 bridgehead atoms. The number of alkyl halides is 3. The predicted octanol–water partition coefficient (Wildman–Crippen LogP) is 7.06. The number of aryl methyl sites for hydroxylation is 1. The molecule has 0 radical (unpaired) electrons. The van der Waals surface area contributed by atoms with Crippen molar-refractivity contribution in [2.45, 2.75) is 57.9 Å². The Morgan fingerprint density at radius 3 is 1.90 bits per heavy atom. The fourth-order valence-electron chi connectivity index (χ4n) is 5.72. The van der Waals surface area contributed by atoms with E-state index in [0.29, 0.717) is 24.5 Å². The van der Waals surface area contributed by atoms with Crippen molar-refractivity contribution in [2.24, 2.45) is 0 Å². The molecule has 4 nitrogen and oxygen atoms in total. The van der Waals surface area contributed by atoms with E-state index in [9.17, 15) is 18.0 Å². The third kappa shape index (κ3) is 5.15. The van der Waals surface area contributed by atoms with Crippen LogP contribution in [0.4, 0.5) is 13.2 Å². The van der Waals surface area contributed by atoms with Gasteiger partial charge in [-0.3, -0.25) is 14.3 Å². The number of fused-ring (bicyclic) bond motifs is 1. The highest BCUT2D eigenvalue weighted by Crippen LogP contribution is 2.37. The lowest BCUT2D eigenvalue weighted by atomic mass is 9.81. The quantitative estimate of drug-likeness (QED) is 0.277. The van der Waals surface area contributed by atoms with Gasteiger partial charge in [0.05, 0.1) is 22.9 Å². The minimum absolute atomic E-state index is 0.0902. The van der Waals surface area contributed by atoms with Crippen molar-refractivity contribution in [1.82, 2.24) is 14.5 Å². The van der Waals surface area contributed by atoms with Crippen LogP contribution in [0, 0.1) is 6.92 Å². The fourth-order valence-corrected chi connectivity index (χ4v) is 5.72. The summed E-state index contributed by atoms with van der Waals surface area (Å²) in [5.41, 5.74) is 2.98. The third-order valence-electron chi connectivity index (χ3n) is 7.74. The molecule has 0 amide bonds. The van der Waals surface area contributed by atoms with Gasteiger partial charge in [0, 0.05) is 24.5 Å². The average Bonchev–Trinajstić information content (AvgIpc) is 2.91. The van der Waals surface area contributed by atoms with Gasteiger partial charge in [0.2, 0.25) is 0 Å². The Morgan fingerprint density at radius 1 is 0.846 bits per heavy atom. The summed E-state index contributed by atoms with van der Waals surface area (Å²) < 4.78 is 41.1. The van der Waals surface area contributed by atoms with Crippen molar-refractivity contribution in [2.75, 3.05) is 6.54 Å². The van der Waals surface area contributed by atoms with E-state index in [1.807, 2.05) is 74.5 Å². The highest BCUT2D eigenvalue weighted by atomic mass is 19.4. The normalized spacial score (nSPS) is 16.2. The lowest BCUT2D eigenvalue weighted by Gasteiger charge is -2.42. The number of nitrogens with zero attached hydrogens (tertiary/aromatic N) is 3. The summed E-state index contributed by atoms with van der Waals surface area (Å²) in [5, 5.41) is 0. The van der Waals surface area contributed by atoms with E-state index in [1.165, 1.54) is 12.1 Å². The largest absolute Gasteiger partial charge is 0.416 e. The predicted molar refractivity (Wildman–Crippen MR) is 147 cm³/mol. The number of hydrogen-bond acceptors (Lipinski definition) is 3. The molecule has 0 saturated heterocycles. The first-order chi connectivity index (χ1) is 18.5. The van der Waals surface area contributed by atoms with E-state index < -0.39 is 17.2 Å². The Kier molecular flexibility index (Phi) is 6.97. The lowest BCUT2D eigenvalue weighted by molar-refractivity contribution is -0.137. The Hall–Kier alpha value is -3.71. The summed E-state index contributed by atoms with van der Waals surface area (Å²) in [5.74, 6) is 0.647. The average molecular weight is 532 g/mol. The van der Waals surface area contributed by atoms with E-state index in [4.69, 9.17) is 4.98 Å². The maximum atomic E-state index is 14.3. The maximum Gasteiger partial charge on any atom is 0.416 e. The number of rotatable bonds is 5.